The van der Waals surface area contributed by atoms with Gasteiger partial charge in [-0.2, -0.15) is 0 Å². The minimum atomic E-state index is -0.863. The quantitative estimate of drug-likeness (QED) is 0.597. The molecular weight excluding hydrogens is 206 g/mol. The highest BCUT2D eigenvalue weighted by Gasteiger charge is 2.24. The van der Waals surface area contributed by atoms with Crippen molar-refractivity contribution in [3.63, 3.8) is 0 Å². The smallest absolute Gasteiger partial charge is 0.149 e. The lowest BCUT2D eigenvalue weighted by molar-refractivity contribution is 0.761. The lowest BCUT2D eigenvalue weighted by atomic mass is 9.97. The fourth-order valence-corrected chi connectivity index (χ4v) is 1.70. The molecule has 0 amide bonds. The van der Waals surface area contributed by atoms with E-state index in [1.54, 1.807) is 6.08 Å². The molecule has 0 saturated heterocycles. The number of allylic oxidation sites excluding steroid dienone is 2. The number of benzene rings is 1. The van der Waals surface area contributed by atoms with Gasteiger partial charge < -0.3 is 0 Å². The molecule has 1 aromatic rings. The molecule has 0 aliphatic heterocycles. The lowest BCUT2D eigenvalue weighted by Gasteiger charge is -2.18. The molecule has 1 aromatic carbocycles. The van der Waals surface area contributed by atoms with Crippen LogP contribution in [0.1, 0.15) is 12.0 Å². The van der Waals surface area contributed by atoms with Gasteiger partial charge in [-0.15, -0.1) is 17.5 Å². The normalized spacial score (nSPS) is 24.7. The predicted molar refractivity (Wildman–Crippen MR) is 65.7 cm³/mol. The molecule has 76 valence electrons. The van der Waals surface area contributed by atoms with E-state index in [4.69, 9.17) is 0 Å². The number of rotatable bonds is 2. The van der Waals surface area contributed by atoms with Crippen LogP contribution in [0.5, 0.6) is 0 Å². The van der Waals surface area contributed by atoms with E-state index in [-0.39, 0.29) is 0 Å². The molecule has 1 aliphatic rings. The number of hydrogen-bond acceptors (Lipinski definition) is 3. The molecule has 2 nitrogen and oxygen atoms in total. The van der Waals surface area contributed by atoms with E-state index in [9.17, 15) is 4.91 Å². The Morgan fingerprint density at radius 3 is 2.53 bits per heavy atom. The number of nitroso groups, excluding NO2 is 1. The second-order valence-corrected chi connectivity index (χ2v) is 4.31. The fraction of sp³-hybridized carbons (Fsp3) is 0.167. The maximum Gasteiger partial charge on any atom is 0.167 e. The molecule has 0 spiro atoms. The van der Waals surface area contributed by atoms with Crippen LogP contribution in [0.15, 0.2) is 53.7 Å². The standard InChI is InChI=1S/C12H11NOS/c14-13-12(15)8-6-11(7-9-12)10-4-2-1-3-5-10/h1-8,15H,9H2. The van der Waals surface area contributed by atoms with E-state index in [1.807, 2.05) is 42.5 Å². The maximum atomic E-state index is 10.5. The van der Waals surface area contributed by atoms with Gasteiger partial charge in [-0.1, -0.05) is 42.5 Å². The topological polar surface area (TPSA) is 29.4 Å². The summed E-state index contributed by atoms with van der Waals surface area (Å²) in [5.41, 5.74) is 2.26. The van der Waals surface area contributed by atoms with Crippen molar-refractivity contribution in [2.45, 2.75) is 11.3 Å². The first-order chi connectivity index (χ1) is 7.23. The molecule has 0 aromatic heterocycles. The molecule has 0 saturated carbocycles. The Labute approximate surface area is 94.1 Å². The lowest BCUT2D eigenvalue weighted by Crippen LogP contribution is -2.15. The van der Waals surface area contributed by atoms with E-state index >= 15 is 0 Å². The SMILES string of the molecule is O=NC1(S)C=CC(c2ccccc2)=CC1. The van der Waals surface area contributed by atoms with E-state index < -0.39 is 4.87 Å². The largest absolute Gasteiger partial charge is 0.167 e. The molecular formula is C12H11NOS. The second-order valence-electron chi connectivity index (χ2n) is 3.53. The minimum absolute atomic E-state index is 0.542. The summed E-state index contributed by atoms with van der Waals surface area (Å²) in [4.78, 5) is 9.66. The minimum Gasteiger partial charge on any atom is -0.149 e. The zero-order valence-electron chi connectivity index (χ0n) is 8.13. The molecule has 0 radical (unpaired) electrons. The van der Waals surface area contributed by atoms with E-state index in [2.05, 4.69) is 17.8 Å². The van der Waals surface area contributed by atoms with E-state index in [0.717, 1.165) is 11.1 Å². The van der Waals surface area contributed by atoms with Gasteiger partial charge in [0.25, 0.3) is 0 Å². The van der Waals surface area contributed by atoms with Crippen LogP contribution in [-0.4, -0.2) is 4.87 Å². The summed E-state index contributed by atoms with van der Waals surface area (Å²) in [7, 11) is 0. The molecule has 0 heterocycles. The summed E-state index contributed by atoms with van der Waals surface area (Å²) in [6, 6.07) is 10.0. The number of thiol groups is 1. The van der Waals surface area contributed by atoms with Gasteiger partial charge in [0.1, 0.15) is 0 Å². The summed E-state index contributed by atoms with van der Waals surface area (Å²) in [6.45, 7) is 0. The molecule has 0 fully saturated rings. The molecule has 3 heteroatoms. The Kier molecular flexibility index (Phi) is 2.73. The first-order valence-corrected chi connectivity index (χ1v) is 5.20. The third-order valence-electron chi connectivity index (χ3n) is 2.42. The van der Waals surface area contributed by atoms with Gasteiger partial charge in [-0.05, 0) is 22.4 Å². The molecule has 0 N–H and O–H groups in total. The summed E-state index contributed by atoms with van der Waals surface area (Å²) in [5, 5.41) is 2.99. The first kappa shape index (κ1) is 10.2. The van der Waals surface area contributed by atoms with Crippen LogP contribution in [-0.2, 0) is 0 Å². The van der Waals surface area contributed by atoms with Gasteiger partial charge in [0.15, 0.2) is 4.87 Å². The molecule has 0 bridgehead atoms. The van der Waals surface area contributed by atoms with Crippen molar-refractivity contribution in [1.82, 2.24) is 0 Å². The highest BCUT2D eigenvalue weighted by atomic mass is 32.1. The molecule has 15 heavy (non-hydrogen) atoms. The summed E-state index contributed by atoms with van der Waals surface area (Å²) in [6.07, 6.45) is 6.17. The summed E-state index contributed by atoms with van der Waals surface area (Å²) in [5.74, 6) is 0. The van der Waals surface area contributed by atoms with Gasteiger partial charge in [-0.25, -0.2) is 0 Å². The van der Waals surface area contributed by atoms with Crippen molar-refractivity contribution >= 4 is 18.2 Å². The van der Waals surface area contributed by atoms with Gasteiger partial charge in [0.2, 0.25) is 0 Å². The van der Waals surface area contributed by atoms with Crippen molar-refractivity contribution in [3.05, 3.63) is 59.0 Å². The monoisotopic (exact) mass is 217 g/mol. The Morgan fingerprint density at radius 2 is 2.00 bits per heavy atom. The fourth-order valence-electron chi connectivity index (χ4n) is 1.53. The molecule has 1 unspecified atom stereocenters. The Bertz CT molecular complexity index is 425. The third kappa shape index (κ3) is 2.18. The van der Waals surface area contributed by atoms with Crippen LogP contribution in [0.3, 0.4) is 0 Å². The van der Waals surface area contributed by atoms with Crippen molar-refractivity contribution in [2.24, 2.45) is 5.18 Å². The zero-order chi connectivity index (χ0) is 10.7. The van der Waals surface area contributed by atoms with Crippen molar-refractivity contribution in [2.75, 3.05) is 0 Å². The van der Waals surface area contributed by atoms with Crippen molar-refractivity contribution in [1.29, 1.82) is 0 Å². The van der Waals surface area contributed by atoms with Crippen LogP contribution in [0.25, 0.3) is 5.57 Å². The van der Waals surface area contributed by atoms with Crippen LogP contribution < -0.4 is 0 Å². The van der Waals surface area contributed by atoms with Gasteiger partial charge in [-0.3, -0.25) is 0 Å². The molecule has 1 aliphatic carbocycles. The Morgan fingerprint density at radius 1 is 1.27 bits per heavy atom. The van der Waals surface area contributed by atoms with Crippen LogP contribution in [0.4, 0.5) is 0 Å². The first-order valence-electron chi connectivity index (χ1n) is 4.75. The number of hydrogen-bond donors (Lipinski definition) is 1. The maximum absolute atomic E-state index is 10.5. The summed E-state index contributed by atoms with van der Waals surface area (Å²) >= 11 is 4.19. The highest BCUT2D eigenvalue weighted by Crippen LogP contribution is 2.31. The molecule has 1 atom stereocenters. The number of nitrogens with zero attached hydrogens (tertiary/aromatic N) is 1. The second kappa shape index (κ2) is 4.03. The van der Waals surface area contributed by atoms with Gasteiger partial charge >= 0.3 is 0 Å². The summed E-state index contributed by atoms with van der Waals surface area (Å²) < 4.78 is 0. The van der Waals surface area contributed by atoms with E-state index in [1.165, 1.54) is 0 Å². The van der Waals surface area contributed by atoms with E-state index in [0.29, 0.717) is 6.42 Å². The van der Waals surface area contributed by atoms with Crippen molar-refractivity contribution < 1.29 is 0 Å². The predicted octanol–water partition coefficient (Wildman–Crippen LogP) is 3.42. The average molecular weight is 217 g/mol. The third-order valence-corrected chi connectivity index (χ3v) is 2.83. The zero-order valence-corrected chi connectivity index (χ0v) is 9.02. The van der Waals surface area contributed by atoms with Crippen LogP contribution in [0.2, 0.25) is 0 Å². The van der Waals surface area contributed by atoms with Gasteiger partial charge in [0.05, 0.1) is 0 Å². The molecule has 2 rings (SSSR count). The van der Waals surface area contributed by atoms with Crippen LogP contribution >= 0.6 is 12.6 Å². The van der Waals surface area contributed by atoms with Crippen molar-refractivity contribution in [3.8, 4) is 0 Å². The highest BCUT2D eigenvalue weighted by molar-refractivity contribution is 7.82. The Hall–Kier alpha value is -1.35. The average Bonchev–Trinajstić information content (AvgIpc) is 2.31. The van der Waals surface area contributed by atoms with Gasteiger partial charge in [0, 0.05) is 6.42 Å². The van der Waals surface area contributed by atoms with Crippen LogP contribution in [0, 0.1) is 4.91 Å². The Balaban J connectivity index is 2.24.